The summed E-state index contributed by atoms with van der Waals surface area (Å²) in [7, 11) is 0. The van der Waals surface area contributed by atoms with Gasteiger partial charge in [-0.05, 0) is 39.5 Å². The molecule has 2 atom stereocenters. The van der Waals surface area contributed by atoms with Gasteiger partial charge in [0.1, 0.15) is 11.3 Å². The molecule has 1 amide bonds. The Kier molecular flexibility index (Phi) is 3.09. The van der Waals surface area contributed by atoms with E-state index in [0.717, 1.165) is 12.8 Å². The lowest BCUT2D eigenvalue weighted by molar-refractivity contribution is -0.130. The first-order valence-corrected chi connectivity index (χ1v) is 5.27. The van der Waals surface area contributed by atoms with Gasteiger partial charge in [-0.25, -0.2) is 0 Å². The minimum absolute atomic E-state index is 0.140. The van der Waals surface area contributed by atoms with Crippen molar-refractivity contribution >= 4 is 5.91 Å². The minimum Gasteiger partial charge on any atom is -0.376 e. The molecule has 5 nitrogen and oxygen atoms in total. The van der Waals surface area contributed by atoms with E-state index in [-0.39, 0.29) is 5.92 Å². The molecule has 6 N–H and O–H groups in total. The van der Waals surface area contributed by atoms with Gasteiger partial charge in [0.15, 0.2) is 0 Å². The largest absolute Gasteiger partial charge is 0.376 e. The maximum absolute atomic E-state index is 11.6. The summed E-state index contributed by atoms with van der Waals surface area (Å²) in [5.41, 5.74) is 9.13. The van der Waals surface area contributed by atoms with E-state index in [0.29, 0.717) is 0 Å². The van der Waals surface area contributed by atoms with Gasteiger partial charge in [-0.2, -0.15) is 0 Å². The molecule has 0 aromatic rings. The number of hydrogen-bond donors (Lipinski definition) is 4. The van der Waals surface area contributed by atoms with Crippen LogP contribution in [0.25, 0.3) is 0 Å². The topological polar surface area (TPSA) is 101 Å². The first-order valence-electron chi connectivity index (χ1n) is 5.27. The number of hydrogen-bond acceptors (Lipinski definition) is 4. The zero-order chi connectivity index (χ0) is 11.9. The van der Waals surface area contributed by atoms with Crippen LogP contribution in [0.4, 0.5) is 0 Å². The van der Waals surface area contributed by atoms with Crippen molar-refractivity contribution in [1.82, 2.24) is 5.32 Å². The lowest BCUT2D eigenvalue weighted by Crippen LogP contribution is -2.70. The fourth-order valence-electron chi connectivity index (χ4n) is 2.12. The van der Waals surface area contributed by atoms with E-state index >= 15 is 0 Å². The van der Waals surface area contributed by atoms with E-state index in [2.05, 4.69) is 5.32 Å². The Balaban J connectivity index is 2.97. The molecule has 0 heterocycles. The highest BCUT2D eigenvalue weighted by Crippen LogP contribution is 2.41. The van der Waals surface area contributed by atoms with Crippen molar-refractivity contribution in [3.8, 4) is 0 Å². The summed E-state index contributed by atoms with van der Waals surface area (Å²) in [6, 6.07) is -0.422. The van der Waals surface area contributed by atoms with Crippen LogP contribution in [0.3, 0.4) is 0 Å². The number of carbonyl (C=O) groups is 1. The quantitative estimate of drug-likeness (QED) is 0.455. The molecule has 1 aliphatic carbocycles. The molecule has 88 valence electrons. The molecule has 0 aromatic heterocycles. The van der Waals surface area contributed by atoms with Gasteiger partial charge in [0.25, 0.3) is 0 Å². The van der Waals surface area contributed by atoms with Crippen molar-refractivity contribution in [2.45, 2.75) is 50.9 Å². The summed E-state index contributed by atoms with van der Waals surface area (Å²) in [5, 5.41) is 12.6. The molecule has 0 bridgehead atoms. The Morgan fingerprint density at radius 1 is 1.53 bits per heavy atom. The highest BCUT2D eigenvalue weighted by atomic mass is 16.3. The van der Waals surface area contributed by atoms with Crippen LogP contribution in [0.2, 0.25) is 0 Å². The van der Waals surface area contributed by atoms with Crippen molar-refractivity contribution in [1.29, 1.82) is 0 Å². The summed E-state index contributed by atoms with van der Waals surface area (Å²) in [4.78, 5) is 11.6. The van der Waals surface area contributed by atoms with Crippen LogP contribution in [0.5, 0.6) is 0 Å². The maximum atomic E-state index is 11.6. The highest BCUT2D eigenvalue weighted by molar-refractivity contribution is 5.86. The van der Waals surface area contributed by atoms with E-state index in [4.69, 9.17) is 11.5 Å². The van der Waals surface area contributed by atoms with E-state index in [9.17, 15) is 9.90 Å². The molecule has 1 unspecified atom stereocenters. The van der Waals surface area contributed by atoms with Crippen LogP contribution in [0, 0.1) is 5.92 Å². The average Bonchev–Trinajstić information content (AvgIpc) is 2.79. The predicted molar refractivity (Wildman–Crippen MR) is 57.7 cm³/mol. The zero-order valence-corrected chi connectivity index (χ0v) is 9.58. The van der Waals surface area contributed by atoms with Crippen LogP contribution >= 0.6 is 0 Å². The third-order valence-electron chi connectivity index (χ3n) is 2.86. The van der Waals surface area contributed by atoms with Crippen molar-refractivity contribution in [2.75, 3.05) is 0 Å². The maximum Gasteiger partial charge on any atom is 0.239 e. The van der Waals surface area contributed by atoms with E-state index in [1.165, 1.54) is 0 Å². The standard InChI is InChI=1S/C10H21N3O2/c1-6(11)10(8(12)14,7-4-5-7)13-9(2,3)15/h6-7,13,15H,4-5,11H2,1-3H3,(H2,12,14)/t6-,10?/m0/s1. The third kappa shape index (κ3) is 2.48. The molecule has 0 aromatic carbocycles. The number of nitrogens with two attached hydrogens (primary N) is 2. The smallest absolute Gasteiger partial charge is 0.239 e. The minimum atomic E-state index is -1.16. The summed E-state index contributed by atoms with van der Waals surface area (Å²) < 4.78 is 0. The van der Waals surface area contributed by atoms with Gasteiger partial charge >= 0.3 is 0 Å². The van der Waals surface area contributed by atoms with Crippen LogP contribution < -0.4 is 16.8 Å². The Bertz CT molecular complexity index is 252. The van der Waals surface area contributed by atoms with Crippen molar-refractivity contribution in [2.24, 2.45) is 17.4 Å². The van der Waals surface area contributed by atoms with Gasteiger partial charge in [-0.15, -0.1) is 0 Å². The number of primary amides is 1. The fraction of sp³-hybridized carbons (Fsp3) is 0.900. The Hall–Kier alpha value is -0.650. The average molecular weight is 215 g/mol. The molecule has 0 spiro atoms. The lowest BCUT2D eigenvalue weighted by Gasteiger charge is -2.40. The van der Waals surface area contributed by atoms with Gasteiger partial charge < -0.3 is 16.6 Å². The van der Waals surface area contributed by atoms with Crippen LogP contribution in [-0.4, -0.2) is 28.3 Å². The van der Waals surface area contributed by atoms with Gasteiger partial charge in [-0.3, -0.25) is 10.1 Å². The molecular formula is C10H21N3O2. The van der Waals surface area contributed by atoms with Gasteiger partial charge in [0.2, 0.25) is 5.91 Å². The Morgan fingerprint density at radius 2 is 2.00 bits per heavy atom. The molecule has 0 saturated heterocycles. The molecule has 0 radical (unpaired) electrons. The third-order valence-corrected chi connectivity index (χ3v) is 2.86. The molecule has 15 heavy (non-hydrogen) atoms. The van der Waals surface area contributed by atoms with Gasteiger partial charge in [-0.1, -0.05) is 0 Å². The predicted octanol–water partition coefficient (Wildman–Crippen LogP) is -0.714. The van der Waals surface area contributed by atoms with Crippen LogP contribution in [0.15, 0.2) is 0 Å². The summed E-state index contributed by atoms with van der Waals surface area (Å²) in [6.45, 7) is 4.90. The van der Waals surface area contributed by atoms with E-state index < -0.39 is 23.2 Å². The van der Waals surface area contributed by atoms with E-state index in [1.807, 2.05) is 0 Å². The van der Waals surface area contributed by atoms with Gasteiger partial charge in [0.05, 0.1) is 0 Å². The molecule has 1 rings (SSSR count). The molecule has 0 aliphatic heterocycles. The summed E-state index contributed by atoms with van der Waals surface area (Å²) >= 11 is 0. The second-order valence-corrected chi connectivity index (χ2v) is 4.98. The summed E-state index contributed by atoms with van der Waals surface area (Å²) in [6.07, 6.45) is 1.85. The monoisotopic (exact) mass is 215 g/mol. The van der Waals surface area contributed by atoms with E-state index in [1.54, 1.807) is 20.8 Å². The SMILES string of the molecule is C[C@H](N)C(NC(C)(C)O)(C(N)=O)C1CC1. The van der Waals surface area contributed by atoms with Crippen molar-refractivity contribution in [3.63, 3.8) is 0 Å². The number of amides is 1. The first-order chi connectivity index (χ1) is 6.70. The normalized spacial score (nSPS) is 23.3. The molecule has 1 fully saturated rings. The Morgan fingerprint density at radius 3 is 2.20 bits per heavy atom. The number of carbonyl (C=O) groups excluding carboxylic acids is 1. The van der Waals surface area contributed by atoms with Crippen molar-refractivity contribution in [3.05, 3.63) is 0 Å². The summed E-state index contributed by atoms with van der Waals surface area (Å²) in [5.74, 6) is -0.344. The Labute approximate surface area is 90.2 Å². The van der Waals surface area contributed by atoms with Crippen LogP contribution in [0.1, 0.15) is 33.6 Å². The molecule has 1 aliphatic rings. The fourth-order valence-corrected chi connectivity index (χ4v) is 2.12. The molecule has 1 saturated carbocycles. The first kappa shape index (κ1) is 12.4. The van der Waals surface area contributed by atoms with Gasteiger partial charge in [0, 0.05) is 6.04 Å². The zero-order valence-electron chi connectivity index (χ0n) is 9.58. The number of nitrogens with one attached hydrogen (secondary N) is 1. The van der Waals surface area contributed by atoms with Crippen molar-refractivity contribution < 1.29 is 9.90 Å². The second kappa shape index (κ2) is 3.73. The number of aliphatic hydroxyl groups is 1. The lowest BCUT2D eigenvalue weighted by atomic mass is 9.84. The molecular weight excluding hydrogens is 194 g/mol. The van der Waals surface area contributed by atoms with Crippen LogP contribution in [-0.2, 0) is 4.79 Å². The molecule has 5 heteroatoms. The second-order valence-electron chi connectivity index (χ2n) is 4.98. The number of rotatable bonds is 5. The highest BCUT2D eigenvalue weighted by Gasteiger charge is 2.54.